The first-order chi connectivity index (χ1) is 7.95. The zero-order valence-corrected chi connectivity index (χ0v) is 12.7. The van der Waals surface area contributed by atoms with Gasteiger partial charge in [-0.25, -0.2) is 0 Å². The molecule has 4 heteroatoms. The van der Waals surface area contributed by atoms with Crippen LogP contribution in [0.5, 0.6) is 0 Å². The van der Waals surface area contributed by atoms with E-state index >= 15 is 0 Å². The van der Waals surface area contributed by atoms with Crippen LogP contribution in [0.25, 0.3) is 0 Å². The van der Waals surface area contributed by atoms with Crippen LogP contribution in [0.2, 0.25) is 0 Å². The summed E-state index contributed by atoms with van der Waals surface area (Å²) in [4.78, 5) is 11.5. The molecule has 0 aromatic rings. The molecule has 2 N–H and O–H groups in total. The largest absolute Gasteiger partial charge is 0.353 e. The quantitative estimate of drug-likeness (QED) is 0.669. The highest BCUT2D eigenvalue weighted by molar-refractivity contribution is 8.00. The van der Waals surface area contributed by atoms with E-state index in [4.69, 9.17) is 0 Å². The molecule has 1 amide bonds. The lowest BCUT2D eigenvalue weighted by molar-refractivity contribution is -0.119. The molecule has 0 heterocycles. The monoisotopic (exact) mass is 260 g/mol. The van der Waals surface area contributed by atoms with E-state index in [1.165, 1.54) is 6.42 Å². The third-order valence-corrected chi connectivity index (χ3v) is 3.57. The Labute approximate surface area is 111 Å². The molecular formula is C13H28N2OS. The molecule has 102 valence electrons. The molecule has 0 saturated carbocycles. The molecule has 0 aromatic carbocycles. The van der Waals surface area contributed by atoms with Crippen LogP contribution in [-0.2, 0) is 4.79 Å². The highest BCUT2D eigenvalue weighted by Gasteiger charge is 2.11. The van der Waals surface area contributed by atoms with Gasteiger partial charge in [-0.15, -0.1) is 11.8 Å². The summed E-state index contributed by atoms with van der Waals surface area (Å²) in [5.74, 6) is 0.714. The molecule has 0 radical (unpaired) electrons. The number of amides is 1. The van der Waals surface area contributed by atoms with Crippen LogP contribution >= 0.6 is 11.8 Å². The van der Waals surface area contributed by atoms with Crippen molar-refractivity contribution >= 4 is 17.7 Å². The van der Waals surface area contributed by atoms with Gasteiger partial charge >= 0.3 is 0 Å². The second kappa shape index (κ2) is 9.77. The fourth-order valence-electron chi connectivity index (χ4n) is 1.62. The van der Waals surface area contributed by atoms with Crippen molar-refractivity contribution in [3.05, 3.63) is 0 Å². The lowest BCUT2D eigenvalue weighted by atomic mass is 10.2. The predicted octanol–water partition coefficient (Wildman–Crippen LogP) is 2.41. The molecule has 3 nitrogen and oxygen atoms in total. The molecule has 0 bridgehead atoms. The number of carbonyl (C=O) groups is 1. The third kappa shape index (κ3) is 10.6. The minimum absolute atomic E-state index is 0.144. The van der Waals surface area contributed by atoms with Crippen molar-refractivity contribution in [1.82, 2.24) is 10.6 Å². The van der Waals surface area contributed by atoms with Crippen LogP contribution in [0.3, 0.4) is 0 Å². The van der Waals surface area contributed by atoms with Gasteiger partial charge in [0.2, 0.25) is 5.91 Å². The van der Waals surface area contributed by atoms with Crippen LogP contribution in [0.15, 0.2) is 0 Å². The number of hydrogen-bond donors (Lipinski definition) is 2. The Morgan fingerprint density at radius 2 is 1.88 bits per heavy atom. The lowest BCUT2D eigenvalue weighted by Crippen LogP contribution is -2.33. The van der Waals surface area contributed by atoms with E-state index in [1.807, 2.05) is 13.8 Å². The maximum absolute atomic E-state index is 11.5. The first-order valence-corrected chi connectivity index (χ1v) is 7.64. The van der Waals surface area contributed by atoms with Gasteiger partial charge in [-0.2, -0.15) is 0 Å². The van der Waals surface area contributed by atoms with E-state index in [0.717, 1.165) is 13.0 Å². The lowest BCUT2D eigenvalue weighted by Gasteiger charge is -2.18. The molecular weight excluding hydrogens is 232 g/mol. The topological polar surface area (TPSA) is 41.1 Å². The fraction of sp³-hybridized carbons (Fsp3) is 0.923. The normalized spacial score (nSPS) is 14.7. The highest BCUT2D eigenvalue weighted by atomic mass is 32.2. The Hall–Kier alpha value is -0.220. The van der Waals surface area contributed by atoms with Crippen LogP contribution in [-0.4, -0.2) is 35.5 Å². The van der Waals surface area contributed by atoms with Gasteiger partial charge in [0.05, 0.1) is 5.75 Å². The van der Waals surface area contributed by atoms with Gasteiger partial charge in [0.1, 0.15) is 0 Å². The summed E-state index contributed by atoms with van der Waals surface area (Å²) in [6.45, 7) is 11.6. The Kier molecular flexibility index (Phi) is 9.65. The van der Waals surface area contributed by atoms with Crippen molar-refractivity contribution in [3.63, 3.8) is 0 Å². The molecule has 0 aromatic heterocycles. The van der Waals surface area contributed by atoms with E-state index in [9.17, 15) is 4.79 Å². The molecule has 2 atom stereocenters. The minimum atomic E-state index is 0.144. The van der Waals surface area contributed by atoms with Gasteiger partial charge in [-0.3, -0.25) is 4.79 Å². The summed E-state index contributed by atoms with van der Waals surface area (Å²) in [5, 5.41) is 6.90. The molecule has 0 aliphatic carbocycles. The standard InChI is InChI=1S/C13H28N2OS/c1-6-7-14-11(4)8-12(5)17-9-13(16)15-10(2)3/h10-12,14H,6-9H2,1-5H3,(H,15,16). The molecule has 0 aliphatic heterocycles. The SMILES string of the molecule is CCCNC(C)CC(C)SCC(=O)NC(C)C. The average molecular weight is 260 g/mol. The van der Waals surface area contributed by atoms with Gasteiger partial charge < -0.3 is 10.6 Å². The van der Waals surface area contributed by atoms with Crippen molar-refractivity contribution in [2.24, 2.45) is 0 Å². The van der Waals surface area contributed by atoms with Crippen LogP contribution in [0, 0.1) is 0 Å². The maximum atomic E-state index is 11.5. The first-order valence-electron chi connectivity index (χ1n) is 6.60. The number of carbonyl (C=O) groups excluding carboxylic acids is 1. The Morgan fingerprint density at radius 3 is 2.41 bits per heavy atom. The average Bonchev–Trinajstić information content (AvgIpc) is 2.22. The van der Waals surface area contributed by atoms with Gasteiger partial charge in [-0.1, -0.05) is 13.8 Å². The second-order valence-electron chi connectivity index (χ2n) is 4.93. The molecule has 0 spiro atoms. The summed E-state index contributed by atoms with van der Waals surface area (Å²) in [6, 6.07) is 0.772. The first kappa shape index (κ1) is 16.8. The molecule has 0 aliphatic rings. The molecule has 0 rings (SSSR count). The van der Waals surface area contributed by atoms with Gasteiger partial charge in [0.25, 0.3) is 0 Å². The van der Waals surface area contributed by atoms with Crippen LogP contribution in [0.4, 0.5) is 0 Å². The Balaban J connectivity index is 3.64. The van der Waals surface area contributed by atoms with Crippen molar-refractivity contribution in [1.29, 1.82) is 0 Å². The predicted molar refractivity (Wildman–Crippen MR) is 77.6 cm³/mol. The Morgan fingerprint density at radius 1 is 1.24 bits per heavy atom. The molecule has 0 fully saturated rings. The van der Waals surface area contributed by atoms with E-state index in [-0.39, 0.29) is 11.9 Å². The summed E-state index contributed by atoms with van der Waals surface area (Å²) < 4.78 is 0. The van der Waals surface area contributed by atoms with Crippen molar-refractivity contribution < 1.29 is 4.79 Å². The molecule has 2 unspecified atom stereocenters. The minimum Gasteiger partial charge on any atom is -0.353 e. The number of rotatable bonds is 9. The smallest absolute Gasteiger partial charge is 0.230 e. The molecule has 0 saturated heterocycles. The van der Waals surface area contributed by atoms with Gasteiger partial charge in [0.15, 0.2) is 0 Å². The zero-order chi connectivity index (χ0) is 13.3. The summed E-state index contributed by atoms with van der Waals surface area (Å²) in [6.07, 6.45) is 2.28. The van der Waals surface area contributed by atoms with Crippen LogP contribution in [0.1, 0.15) is 47.5 Å². The van der Waals surface area contributed by atoms with E-state index < -0.39 is 0 Å². The summed E-state index contributed by atoms with van der Waals surface area (Å²) >= 11 is 1.74. The van der Waals surface area contributed by atoms with E-state index in [0.29, 0.717) is 17.0 Å². The summed E-state index contributed by atoms with van der Waals surface area (Å²) in [5.41, 5.74) is 0. The maximum Gasteiger partial charge on any atom is 0.230 e. The number of hydrogen-bond acceptors (Lipinski definition) is 3. The third-order valence-electron chi connectivity index (χ3n) is 2.38. The summed E-state index contributed by atoms with van der Waals surface area (Å²) in [7, 11) is 0. The van der Waals surface area contributed by atoms with Gasteiger partial charge in [-0.05, 0) is 40.2 Å². The van der Waals surface area contributed by atoms with Gasteiger partial charge in [0, 0.05) is 17.3 Å². The Bertz CT molecular complexity index is 210. The van der Waals surface area contributed by atoms with Crippen LogP contribution < -0.4 is 10.6 Å². The number of thioether (sulfide) groups is 1. The van der Waals surface area contributed by atoms with E-state index in [2.05, 4.69) is 31.4 Å². The van der Waals surface area contributed by atoms with Crippen molar-refractivity contribution in [2.75, 3.05) is 12.3 Å². The number of nitrogens with one attached hydrogen (secondary N) is 2. The van der Waals surface area contributed by atoms with Crippen molar-refractivity contribution in [2.45, 2.75) is 64.8 Å². The fourth-order valence-corrected chi connectivity index (χ4v) is 2.57. The van der Waals surface area contributed by atoms with Crippen molar-refractivity contribution in [3.8, 4) is 0 Å². The highest BCUT2D eigenvalue weighted by Crippen LogP contribution is 2.15. The van der Waals surface area contributed by atoms with E-state index in [1.54, 1.807) is 11.8 Å². The molecule has 17 heavy (non-hydrogen) atoms. The zero-order valence-electron chi connectivity index (χ0n) is 11.9. The second-order valence-corrected chi connectivity index (χ2v) is 6.36.